The summed E-state index contributed by atoms with van der Waals surface area (Å²) in [6.45, 7) is 1.51. The van der Waals surface area contributed by atoms with Crippen molar-refractivity contribution < 1.29 is 9.90 Å². The second kappa shape index (κ2) is 7.24. The molecular weight excluding hydrogens is 290 g/mol. The maximum Gasteiger partial charge on any atom is 0.248 e. The van der Waals surface area contributed by atoms with E-state index in [0.717, 1.165) is 31.6 Å². The normalized spacial score (nSPS) is 16.8. The van der Waals surface area contributed by atoms with Crippen LogP contribution in [-0.4, -0.2) is 40.0 Å². The van der Waals surface area contributed by atoms with Crippen molar-refractivity contribution in [1.82, 2.24) is 9.88 Å². The van der Waals surface area contributed by atoms with E-state index in [2.05, 4.69) is 10.3 Å². The zero-order valence-electron chi connectivity index (χ0n) is 12.9. The van der Waals surface area contributed by atoms with Gasteiger partial charge in [0.1, 0.15) is 12.1 Å². The van der Waals surface area contributed by atoms with Crippen LogP contribution in [0.5, 0.6) is 0 Å². The van der Waals surface area contributed by atoms with Gasteiger partial charge in [0, 0.05) is 36.7 Å². The van der Waals surface area contributed by atoms with Gasteiger partial charge in [-0.25, -0.2) is 0 Å². The van der Waals surface area contributed by atoms with Gasteiger partial charge in [-0.05, 0) is 31.0 Å². The zero-order chi connectivity index (χ0) is 16.1. The highest BCUT2D eigenvalue weighted by Crippen LogP contribution is 2.23. The summed E-state index contributed by atoms with van der Waals surface area (Å²) in [6, 6.07) is 12.3. The molecule has 23 heavy (non-hydrogen) atoms. The molecule has 1 saturated heterocycles. The molecule has 1 aliphatic heterocycles. The van der Waals surface area contributed by atoms with Crippen molar-refractivity contribution in [2.45, 2.75) is 25.0 Å². The average Bonchev–Trinajstić information content (AvgIpc) is 3.15. The highest BCUT2D eigenvalue weighted by molar-refractivity contribution is 5.85. The maximum atomic E-state index is 12.8. The number of hydrogen-bond acceptors (Lipinski definition) is 4. The van der Waals surface area contributed by atoms with Crippen LogP contribution in [-0.2, 0) is 4.79 Å². The highest BCUT2D eigenvalue weighted by atomic mass is 16.3. The summed E-state index contributed by atoms with van der Waals surface area (Å²) in [4.78, 5) is 18.7. The molecule has 1 aromatic carbocycles. The van der Waals surface area contributed by atoms with Crippen LogP contribution in [0.1, 0.15) is 24.5 Å². The highest BCUT2D eigenvalue weighted by Gasteiger charge is 2.32. The third kappa shape index (κ3) is 3.68. The van der Waals surface area contributed by atoms with Gasteiger partial charge in [0.05, 0.1) is 0 Å². The molecule has 1 fully saturated rings. The number of amides is 1. The lowest BCUT2D eigenvalue weighted by Crippen LogP contribution is -2.45. The number of para-hydroxylation sites is 1. The molecule has 0 bridgehead atoms. The molecule has 0 saturated carbocycles. The van der Waals surface area contributed by atoms with E-state index in [0.29, 0.717) is 5.56 Å². The number of hydrogen-bond donors (Lipinski definition) is 2. The average molecular weight is 311 g/mol. The predicted molar refractivity (Wildman–Crippen MR) is 88.9 cm³/mol. The summed E-state index contributed by atoms with van der Waals surface area (Å²) in [7, 11) is 0. The molecule has 5 heteroatoms. The molecule has 0 aliphatic carbocycles. The third-order valence-corrected chi connectivity index (χ3v) is 4.12. The molecule has 5 nitrogen and oxygen atoms in total. The fourth-order valence-corrected chi connectivity index (χ4v) is 2.87. The first-order valence-corrected chi connectivity index (χ1v) is 7.94. The van der Waals surface area contributed by atoms with E-state index in [1.807, 2.05) is 35.2 Å². The Morgan fingerprint density at radius 1 is 1.13 bits per heavy atom. The molecule has 2 unspecified atom stereocenters. The van der Waals surface area contributed by atoms with Gasteiger partial charge in [0.2, 0.25) is 5.91 Å². The summed E-state index contributed by atoms with van der Waals surface area (Å²) in [6.07, 6.45) is 4.34. The fraction of sp³-hybridized carbons (Fsp3) is 0.333. The van der Waals surface area contributed by atoms with Gasteiger partial charge in [-0.1, -0.05) is 24.3 Å². The van der Waals surface area contributed by atoms with Gasteiger partial charge in [0.15, 0.2) is 0 Å². The standard InChI is InChI=1S/C18H21N3O2/c22-17(14-7-6-10-19-13-14)16(18(23)21-11-4-5-12-21)20-15-8-2-1-3-9-15/h1-3,6-10,13,16-17,20,22H,4-5,11-12H2. The van der Waals surface area contributed by atoms with Crippen molar-refractivity contribution in [3.8, 4) is 0 Å². The summed E-state index contributed by atoms with van der Waals surface area (Å²) in [5.74, 6) is -0.0669. The van der Waals surface area contributed by atoms with Crippen molar-refractivity contribution in [1.29, 1.82) is 0 Å². The molecule has 1 aliphatic rings. The zero-order valence-corrected chi connectivity index (χ0v) is 12.9. The van der Waals surface area contributed by atoms with E-state index in [9.17, 15) is 9.90 Å². The number of carbonyl (C=O) groups excluding carboxylic acids is 1. The van der Waals surface area contributed by atoms with Crippen molar-refractivity contribution in [2.24, 2.45) is 0 Å². The monoisotopic (exact) mass is 311 g/mol. The van der Waals surface area contributed by atoms with E-state index < -0.39 is 12.1 Å². The van der Waals surface area contributed by atoms with Crippen LogP contribution in [0.4, 0.5) is 5.69 Å². The number of carbonyl (C=O) groups is 1. The van der Waals surface area contributed by atoms with Crippen LogP contribution >= 0.6 is 0 Å². The van der Waals surface area contributed by atoms with Crippen molar-refractivity contribution in [2.75, 3.05) is 18.4 Å². The van der Waals surface area contributed by atoms with Gasteiger partial charge in [-0.2, -0.15) is 0 Å². The molecule has 3 rings (SSSR count). The topological polar surface area (TPSA) is 65.5 Å². The number of pyridine rings is 1. The Kier molecular flexibility index (Phi) is 4.88. The number of likely N-dealkylation sites (tertiary alicyclic amines) is 1. The number of benzene rings is 1. The number of nitrogens with one attached hydrogen (secondary N) is 1. The minimum absolute atomic E-state index is 0.0669. The Hall–Kier alpha value is -2.40. The second-order valence-corrected chi connectivity index (χ2v) is 5.75. The molecule has 2 atom stereocenters. The Bertz CT molecular complexity index is 627. The number of aliphatic hydroxyl groups excluding tert-OH is 1. The third-order valence-electron chi connectivity index (χ3n) is 4.12. The quantitative estimate of drug-likeness (QED) is 0.888. The van der Waals surface area contributed by atoms with Crippen LogP contribution in [0.2, 0.25) is 0 Å². The van der Waals surface area contributed by atoms with Crippen LogP contribution in [0, 0.1) is 0 Å². The predicted octanol–water partition coefficient (Wildman–Crippen LogP) is 2.22. The number of rotatable bonds is 5. The SMILES string of the molecule is O=C(C(Nc1ccccc1)C(O)c1cccnc1)N1CCCC1. The molecule has 1 amide bonds. The second-order valence-electron chi connectivity index (χ2n) is 5.75. The number of nitrogens with zero attached hydrogens (tertiary/aromatic N) is 2. The van der Waals surface area contributed by atoms with Gasteiger partial charge < -0.3 is 15.3 Å². The molecule has 2 heterocycles. The maximum absolute atomic E-state index is 12.8. The lowest BCUT2D eigenvalue weighted by molar-refractivity contribution is -0.133. The van der Waals surface area contributed by atoms with E-state index in [4.69, 9.17) is 0 Å². The minimum atomic E-state index is -0.947. The lowest BCUT2D eigenvalue weighted by atomic mass is 10.0. The van der Waals surface area contributed by atoms with Crippen molar-refractivity contribution >= 4 is 11.6 Å². The Morgan fingerprint density at radius 3 is 2.52 bits per heavy atom. The molecule has 2 N–H and O–H groups in total. The fourth-order valence-electron chi connectivity index (χ4n) is 2.87. The Balaban J connectivity index is 1.84. The molecule has 2 aromatic rings. The Morgan fingerprint density at radius 2 is 1.87 bits per heavy atom. The van der Waals surface area contributed by atoms with Gasteiger partial charge in [-0.3, -0.25) is 9.78 Å². The summed E-state index contributed by atoms with van der Waals surface area (Å²) >= 11 is 0. The van der Waals surface area contributed by atoms with Gasteiger partial charge in [0.25, 0.3) is 0 Å². The molecular formula is C18H21N3O2. The molecule has 0 radical (unpaired) electrons. The van der Waals surface area contributed by atoms with Gasteiger partial charge >= 0.3 is 0 Å². The first-order valence-electron chi connectivity index (χ1n) is 7.94. The summed E-state index contributed by atoms with van der Waals surface area (Å²) in [5, 5.41) is 13.9. The van der Waals surface area contributed by atoms with Gasteiger partial charge in [-0.15, -0.1) is 0 Å². The minimum Gasteiger partial charge on any atom is -0.386 e. The van der Waals surface area contributed by atoms with Crippen LogP contribution in [0.15, 0.2) is 54.9 Å². The van der Waals surface area contributed by atoms with E-state index in [-0.39, 0.29) is 5.91 Å². The molecule has 1 aromatic heterocycles. The Labute approximate surface area is 136 Å². The van der Waals surface area contributed by atoms with E-state index in [1.165, 1.54) is 0 Å². The number of anilines is 1. The first-order chi connectivity index (χ1) is 11.3. The van der Waals surface area contributed by atoms with Crippen LogP contribution in [0.3, 0.4) is 0 Å². The van der Waals surface area contributed by atoms with Crippen LogP contribution in [0.25, 0.3) is 0 Å². The number of aromatic nitrogens is 1. The van der Waals surface area contributed by atoms with E-state index >= 15 is 0 Å². The summed E-state index contributed by atoms with van der Waals surface area (Å²) < 4.78 is 0. The molecule has 0 spiro atoms. The van der Waals surface area contributed by atoms with E-state index in [1.54, 1.807) is 24.5 Å². The summed E-state index contributed by atoms with van der Waals surface area (Å²) in [5.41, 5.74) is 1.45. The van der Waals surface area contributed by atoms with Crippen molar-refractivity contribution in [3.05, 3.63) is 60.4 Å². The van der Waals surface area contributed by atoms with Crippen molar-refractivity contribution in [3.63, 3.8) is 0 Å². The lowest BCUT2D eigenvalue weighted by Gasteiger charge is -2.28. The molecule has 120 valence electrons. The first kappa shape index (κ1) is 15.5. The smallest absolute Gasteiger partial charge is 0.248 e. The van der Waals surface area contributed by atoms with Crippen LogP contribution < -0.4 is 5.32 Å². The largest absolute Gasteiger partial charge is 0.386 e. The number of aliphatic hydroxyl groups is 1.